The molecule has 0 bridgehead atoms. The first kappa shape index (κ1) is 9.88. The van der Waals surface area contributed by atoms with Crippen molar-refractivity contribution in [2.75, 3.05) is 5.32 Å². The highest BCUT2D eigenvalue weighted by Crippen LogP contribution is 2.25. The first-order valence-corrected chi connectivity index (χ1v) is 4.01. The molecule has 0 aliphatic carbocycles. The summed E-state index contributed by atoms with van der Waals surface area (Å²) in [6.07, 6.45) is 0. The van der Waals surface area contributed by atoms with Gasteiger partial charge in [-0.25, -0.2) is 0 Å². The summed E-state index contributed by atoms with van der Waals surface area (Å²) in [6, 6.07) is 4.05. The van der Waals surface area contributed by atoms with E-state index in [4.69, 9.17) is 11.6 Å². The molecule has 67 valence electrons. The summed E-state index contributed by atoms with van der Waals surface area (Å²) in [4.78, 5) is 9.80. The Hall–Kier alpha value is -1.20. The number of nitro benzene ring substituents is 1. The summed E-state index contributed by atoms with van der Waals surface area (Å²) >= 11 is 10.1. The highest BCUT2D eigenvalue weighted by Gasteiger charge is 2.08. The van der Waals surface area contributed by atoms with Crippen LogP contribution in [0.25, 0.3) is 0 Å². The van der Waals surface area contributed by atoms with Gasteiger partial charge in [-0.15, -0.1) is 0 Å². The monoisotopic (exact) mass is 215 g/mol. The molecular weight excluding hydrogens is 212 g/mol. The van der Waals surface area contributed by atoms with Crippen LogP contribution in [0, 0.1) is 10.1 Å². The number of nitrogens with one attached hydrogen (secondary N) is 1. The topological polar surface area (TPSA) is 55.2 Å². The smallest absolute Gasteiger partial charge is 0.271 e. The molecule has 13 heavy (non-hydrogen) atoms. The lowest BCUT2D eigenvalue weighted by Gasteiger charge is -2.00. The zero-order valence-electron chi connectivity index (χ0n) is 6.28. The van der Waals surface area contributed by atoms with Gasteiger partial charge in [0, 0.05) is 12.1 Å². The fourth-order valence-corrected chi connectivity index (χ4v) is 1.11. The predicted octanol–water partition coefficient (Wildman–Crippen LogP) is 2.49. The van der Waals surface area contributed by atoms with Crippen LogP contribution in [0.5, 0.6) is 0 Å². The zero-order chi connectivity index (χ0) is 9.84. The van der Waals surface area contributed by atoms with E-state index in [0.29, 0.717) is 5.69 Å². The molecular formula is C7H4ClN2O2S. The molecule has 0 aromatic heterocycles. The number of halogens is 1. The van der Waals surface area contributed by atoms with Crippen molar-refractivity contribution >= 4 is 40.7 Å². The van der Waals surface area contributed by atoms with Gasteiger partial charge in [0.15, 0.2) is 0 Å². The van der Waals surface area contributed by atoms with Gasteiger partial charge in [-0.3, -0.25) is 10.1 Å². The van der Waals surface area contributed by atoms with E-state index < -0.39 is 4.92 Å². The Kier molecular flexibility index (Phi) is 3.16. The summed E-state index contributed by atoms with van der Waals surface area (Å²) in [5.41, 5.74) is 2.70. The first-order chi connectivity index (χ1) is 6.15. The lowest BCUT2D eigenvalue weighted by molar-refractivity contribution is -0.384. The molecule has 0 atom stereocenters. The number of benzene rings is 1. The Morgan fingerprint density at radius 2 is 2.31 bits per heavy atom. The lowest BCUT2D eigenvalue weighted by atomic mass is 10.3. The highest BCUT2D eigenvalue weighted by atomic mass is 35.5. The SMILES string of the molecule is O=[N+]([O-])c1ccc(N[C]=S)c(Cl)c1. The van der Waals surface area contributed by atoms with E-state index in [2.05, 4.69) is 23.0 Å². The van der Waals surface area contributed by atoms with Crippen LogP contribution in [-0.4, -0.2) is 10.4 Å². The van der Waals surface area contributed by atoms with Crippen molar-refractivity contribution in [3.8, 4) is 0 Å². The average molecular weight is 216 g/mol. The number of hydrogen-bond donors (Lipinski definition) is 1. The van der Waals surface area contributed by atoms with Gasteiger partial charge in [-0.1, -0.05) is 23.8 Å². The second-order valence-electron chi connectivity index (χ2n) is 2.15. The van der Waals surface area contributed by atoms with Gasteiger partial charge in [0.1, 0.15) is 5.49 Å². The van der Waals surface area contributed by atoms with Crippen molar-refractivity contribution in [2.45, 2.75) is 0 Å². The molecule has 6 heteroatoms. The van der Waals surface area contributed by atoms with Crippen molar-refractivity contribution < 1.29 is 4.92 Å². The molecule has 0 spiro atoms. The zero-order valence-corrected chi connectivity index (χ0v) is 7.85. The third-order valence-corrected chi connectivity index (χ3v) is 1.76. The Morgan fingerprint density at radius 1 is 1.62 bits per heavy atom. The van der Waals surface area contributed by atoms with E-state index in [9.17, 15) is 10.1 Å². The lowest BCUT2D eigenvalue weighted by Crippen LogP contribution is -1.94. The second kappa shape index (κ2) is 4.15. The van der Waals surface area contributed by atoms with Gasteiger partial charge in [0.05, 0.1) is 15.6 Å². The normalized spacial score (nSPS) is 9.31. The molecule has 1 radical (unpaired) electrons. The molecule has 0 saturated carbocycles. The Labute approximate surface area is 84.7 Å². The van der Waals surface area contributed by atoms with Crippen LogP contribution in [-0.2, 0) is 0 Å². The maximum absolute atomic E-state index is 10.3. The number of hydrogen-bond acceptors (Lipinski definition) is 3. The van der Waals surface area contributed by atoms with Crippen molar-refractivity contribution in [2.24, 2.45) is 0 Å². The van der Waals surface area contributed by atoms with Gasteiger partial charge in [-0.2, -0.15) is 0 Å². The molecule has 0 amide bonds. The molecule has 1 aromatic rings. The third-order valence-electron chi connectivity index (χ3n) is 1.35. The third kappa shape index (κ3) is 2.37. The number of nitro groups is 1. The van der Waals surface area contributed by atoms with E-state index in [0.717, 1.165) is 0 Å². The van der Waals surface area contributed by atoms with Crippen molar-refractivity contribution in [1.29, 1.82) is 0 Å². The minimum Gasteiger partial charge on any atom is -0.343 e. The van der Waals surface area contributed by atoms with Crippen LogP contribution in [0.15, 0.2) is 18.2 Å². The quantitative estimate of drug-likeness (QED) is 0.364. The van der Waals surface area contributed by atoms with Crippen LogP contribution >= 0.6 is 23.8 Å². The summed E-state index contributed by atoms with van der Waals surface area (Å²) in [5.74, 6) is 0. The Bertz CT molecular complexity index is 356. The van der Waals surface area contributed by atoms with Crippen LogP contribution in [0.1, 0.15) is 0 Å². The molecule has 0 heterocycles. The molecule has 1 aromatic carbocycles. The molecule has 0 aliphatic rings. The molecule has 1 N–H and O–H groups in total. The molecule has 0 saturated heterocycles. The minimum absolute atomic E-state index is 0.0556. The summed E-state index contributed by atoms with van der Waals surface area (Å²) in [7, 11) is 0. The van der Waals surface area contributed by atoms with E-state index in [1.807, 2.05) is 0 Å². The summed E-state index contributed by atoms with van der Waals surface area (Å²) in [5, 5.41) is 13.1. The number of rotatable bonds is 3. The largest absolute Gasteiger partial charge is 0.343 e. The maximum Gasteiger partial charge on any atom is 0.271 e. The van der Waals surface area contributed by atoms with Gasteiger partial charge in [0.2, 0.25) is 0 Å². The van der Waals surface area contributed by atoms with Crippen LogP contribution in [0.2, 0.25) is 5.02 Å². The van der Waals surface area contributed by atoms with E-state index in [1.54, 1.807) is 0 Å². The molecule has 1 rings (SSSR count). The van der Waals surface area contributed by atoms with Crippen LogP contribution in [0.3, 0.4) is 0 Å². The Balaban J connectivity index is 3.04. The highest BCUT2D eigenvalue weighted by molar-refractivity contribution is 7.79. The summed E-state index contributed by atoms with van der Waals surface area (Å²) < 4.78 is 0. The van der Waals surface area contributed by atoms with Gasteiger partial charge in [0.25, 0.3) is 5.69 Å². The molecule has 0 unspecified atom stereocenters. The van der Waals surface area contributed by atoms with E-state index in [-0.39, 0.29) is 10.7 Å². The van der Waals surface area contributed by atoms with E-state index >= 15 is 0 Å². The number of thiocarbonyl (C=S) groups is 1. The van der Waals surface area contributed by atoms with Crippen LogP contribution in [0.4, 0.5) is 11.4 Å². The van der Waals surface area contributed by atoms with Crippen molar-refractivity contribution in [1.82, 2.24) is 0 Å². The Morgan fingerprint density at radius 3 is 2.77 bits per heavy atom. The number of anilines is 1. The number of nitrogens with zero attached hydrogens (tertiary/aromatic N) is 1. The van der Waals surface area contributed by atoms with Gasteiger partial charge >= 0.3 is 0 Å². The predicted molar refractivity (Wildman–Crippen MR) is 54.3 cm³/mol. The summed E-state index contributed by atoms with van der Waals surface area (Å²) in [6.45, 7) is 0. The van der Waals surface area contributed by atoms with Gasteiger partial charge in [-0.05, 0) is 6.07 Å². The molecule has 4 nitrogen and oxygen atoms in total. The van der Waals surface area contributed by atoms with E-state index in [1.165, 1.54) is 18.2 Å². The first-order valence-electron chi connectivity index (χ1n) is 3.22. The minimum atomic E-state index is -0.517. The molecule has 0 aliphatic heterocycles. The average Bonchev–Trinajstić information content (AvgIpc) is 2.08. The van der Waals surface area contributed by atoms with Crippen molar-refractivity contribution in [3.05, 3.63) is 33.3 Å². The second-order valence-corrected chi connectivity index (χ2v) is 2.76. The number of non-ortho nitro benzene ring substituents is 1. The fourth-order valence-electron chi connectivity index (χ4n) is 0.774. The van der Waals surface area contributed by atoms with Gasteiger partial charge < -0.3 is 5.32 Å². The van der Waals surface area contributed by atoms with Crippen LogP contribution < -0.4 is 5.32 Å². The fraction of sp³-hybridized carbons (Fsp3) is 0. The maximum atomic E-state index is 10.3. The standard InChI is InChI=1S/C7H4ClN2O2S/c8-6-3-5(10(11)12)1-2-7(6)9-4-13/h1-3H,(H,9,13). The van der Waals surface area contributed by atoms with Crippen molar-refractivity contribution in [3.63, 3.8) is 0 Å². The molecule has 0 fully saturated rings.